The van der Waals surface area contributed by atoms with Gasteiger partial charge in [-0.3, -0.25) is 4.99 Å². The number of hydrogen-bond donors (Lipinski definition) is 2. The Labute approximate surface area is 139 Å². The predicted molar refractivity (Wildman–Crippen MR) is 95.4 cm³/mol. The van der Waals surface area contributed by atoms with Gasteiger partial charge in [0.05, 0.1) is 3.79 Å². The van der Waals surface area contributed by atoms with Gasteiger partial charge in [0.25, 0.3) is 0 Å². The summed E-state index contributed by atoms with van der Waals surface area (Å²) in [4.78, 5) is 5.58. The fourth-order valence-electron chi connectivity index (χ4n) is 1.32. The second kappa shape index (κ2) is 10.0. The maximum absolute atomic E-state index is 4.20. The third-order valence-electron chi connectivity index (χ3n) is 2.51. The third kappa shape index (κ3) is 6.94. The SMILES string of the molecule is CCC(C)NC(=NC)NCCc1ccc(Br)s1.I. The molecule has 0 saturated heterocycles. The van der Waals surface area contributed by atoms with Crippen molar-refractivity contribution >= 4 is 57.2 Å². The second-order valence-corrected chi connectivity index (χ2v) is 6.46. The molecule has 0 aliphatic carbocycles. The van der Waals surface area contributed by atoms with E-state index >= 15 is 0 Å². The smallest absolute Gasteiger partial charge is 0.191 e. The Morgan fingerprint density at radius 1 is 1.50 bits per heavy atom. The molecular formula is C12H21BrIN3S. The highest BCUT2D eigenvalue weighted by atomic mass is 127. The van der Waals surface area contributed by atoms with Gasteiger partial charge in [-0.15, -0.1) is 35.3 Å². The zero-order valence-corrected chi connectivity index (χ0v) is 15.7. The number of aliphatic imine (C=N–C) groups is 1. The van der Waals surface area contributed by atoms with Gasteiger partial charge < -0.3 is 10.6 Å². The Bertz CT molecular complexity index is 368. The summed E-state index contributed by atoms with van der Waals surface area (Å²) >= 11 is 5.25. The zero-order chi connectivity index (χ0) is 12.7. The maximum Gasteiger partial charge on any atom is 0.191 e. The molecule has 3 nitrogen and oxygen atoms in total. The van der Waals surface area contributed by atoms with Crippen LogP contribution < -0.4 is 10.6 Å². The quantitative estimate of drug-likeness (QED) is 0.412. The van der Waals surface area contributed by atoms with E-state index in [1.165, 1.54) is 8.66 Å². The normalized spacial score (nSPS) is 12.8. The number of guanidine groups is 1. The van der Waals surface area contributed by atoms with Crippen molar-refractivity contribution in [1.82, 2.24) is 10.6 Å². The molecule has 1 heterocycles. The summed E-state index contributed by atoms with van der Waals surface area (Å²) in [6.07, 6.45) is 2.12. The number of halogens is 2. The fourth-order valence-corrected chi connectivity index (χ4v) is 2.80. The standard InChI is InChI=1S/C12H20BrN3S.HI/c1-4-9(2)16-12(14-3)15-8-7-10-5-6-11(13)17-10;/h5-6,9H,4,7-8H2,1-3H3,(H2,14,15,16);1H. The van der Waals surface area contributed by atoms with E-state index in [0.717, 1.165) is 25.3 Å². The molecule has 0 spiro atoms. The summed E-state index contributed by atoms with van der Waals surface area (Å²) in [7, 11) is 1.81. The van der Waals surface area contributed by atoms with Crippen LogP contribution in [0.1, 0.15) is 25.1 Å². The van der Waals surface area contributed by atoms with E-state index in [1.807, 2.05) is 0 Å². The monoisotopic (exact) mass is 445 g/mol. The first-order valence-electron chi connectivity index (χ1n) is 5.87. The Kier molecular flexibility index (Phi) is 10.1. The first-order valence-corrected chi connectivity index (χ1v) is 7.48. The molecule has 0 aliphatic rings. The molecule has 1 unspecified atom stereocenters. The minimum absolute atomic E-state index is 0. The van der Waals surface area contributed by atoms with Crippen molar-refractivity contribution in [3.63, 3.8) is 0 Å². The van der Waals surface area contributed by atoms with E-state index in [4.69, 9.17) is 0 Å². The molecule has 0 aliphatic heterocycles. The Morgan fingerprint density at radius 3 is 2.72 bits per heavy atom. The lowest BCUT2D eigenvalue weighted by Gasteiger charge is -2.16. The first-order chi connectivity index (χ1) is 8.15. The van der Waals surface area contributed by atoms with Crippen LogP contribution in [0.2, 0.25) is 0 Å². The number of rotatable bonds is 5. The summed E-state index contributed by atoms with van der Waals surface area (Å²) in [5, 5.41) is 6.66. The average Bonchev–Trinajstić information content (AvgIpc) is 2.73. The number of nitrogens with zero attached hydrogens (tertiary/aromatic N) is 1. The van der Waals surface area contributed by atoms with Crippen molar-refractivity contribution < 1.29 is 0 Å². The molecule has 1 aromatic rings. The summed E-state index contributed by atoms with van der Waals surface area (Å²) in [5.74, 6) is 0.884. The van der Waals surface area contributed by atoms with Gasteiger partial charge in [0.1, 0.15) is 0 Å². The van der Waals surface area contributed by atoms with Crippen LogP contribution in [-0.4, -0.2) is 25.6 Å². The van der Waals surface area contributed by atoms with Crippen molar-refractivity contribution in [2.75, 3.05) is 13.6 Å². The van der Waals surface area contributed by atoms with E-state index in [1.54, 1.807) is 18.4 Å². The topological polar surface area (TPSA) is 36.4 Å². The van der Waals surface area contributed by atoms with Crippen molar-refractivity contribution in [3.05, 3.63) is 20.8 Å². The van der Waals surface area contributed by atoms with Crippen molar-refractivity contribution in [2.45, 2.75) is 32.7 Å². The molecule has 18 heavy (non-hydrogen) atoms. The molecule has 0 radical (unpaired) electrons. The fraction of sp³-hybridized carbons (Fsp3) is 0.583. The van der Waals surface area contributed by atoms with E-state index in [-0.39, 0.29) is 24.0 Å². The van der Waals surface area contributed by atoms with Crippen LogP contribution in [0.3, 0.4) is 0 Å². The molecule has 0 saturated carbocycles. The summed E-state index contributed by atoms with van der Waals surface area (Å²) < 4.78 is 1.19. The first kappa shape index (κ1) is 18.2. The minimum Gasteiger partial charge on any atom is -0.356 e. The van der Waals surface area contributed by atoms with E-state index < -0.39 is 0 Å². The highest BCUT2D eigenvalue weighted by Crippen LogP contribution is 2.21. The lowest BCUT2D eigenvalue weighted by molar-refractivity contribution is 0.624. The van der Waals surface area contributed by atoms with Gasteiger partial charge in [-0.2, -0.15) is 0 Å². The molecule has 0 fully saturated rings. The molecule has 1 atom stereocenters. The minimum atomic E-state index is 0. The van der Waals surface area contributed by atoms with Crippen molar-refractivity contribution in [3.8, 4) is 0 Å². The third-order valence-corrected chi connectivity index (χ3v) is 4.20. The Balaban J connectivity index is 0.00000289. The number of hydrogen-bond acceptors (Lipinski definition) is 2. The molecule has 1 rings (SSSR count). The largest absolute Gasteiger partial charge is 0.356 e. The van der Waals surface area contributed by atoms with Gasteiger partial charge in [0.2, 0.25) is 0 Å². The Morgan fingerprint density at radius 2 is 2.22 bits per heavy atom. The van der Waals surface area contributed by atoms with E-state index in [0.29, 0.717) is 6.04 Å². The zero-order valence-electron chi connectivity index (χ0n) is 11.0. The van der Waals surface area contributed by atoms with Gasteiger partial charge in [-0.1, -0.05) is 6.92 Å². The molecule has 104 valence electrons. The van der Waals surface area contributed by atoms with Gasteiger partial charge in [-0.05, 0) is 47.8 Å². The van der Waals surface area contributed by atoms with Crippen LogP contribution >= 0.6 is 51.2 Å². The van der Waals surface area contributed by atoms with E-state index in [2.05, 4.69) is 57.5 Å². The van der Waals surface area contributed by atoms with Crippen LogP contribution in [0.5, 0.6) is 0 Å². The molecule has 0 aromatic carbocycles. The van der Waals surface area contributed by atoms with Gasteiger partial charge in [-0.25, -0.2) is 0 Å². The highest BCUT2D eigenvalue weighted by Gasteiger charge is 2.02. The second-order valence-electron chi connectivity index (χ2n) is 3.91. The van der Waals surface area contributed by atoms with E-state index in [9.17, 15) is 0 Å². The molecular weight excluding hydrogens is 425 g/mol. The summed E-state index contributed by atoms with van der Waals surface area (Å²) in [5.41, 5.74) is 0. The van der Waals surface area contributed by atoms with Crippen LogP contribution in [-0.2, 0) is 6.42 Å². The summed E-state index contributed by atoms with van der Waals surface area (Å²) in [6, 6.07) is 4.70. The maximum atomic E-state index is 4.20. The van der Waals surface area contributed by atoms with Crippen LogP contribution in [0.25, 0.3) is 0 Å². The molecule has 1 aromatic heterocycles. The van der Waals surface area contributed by atoms with Crippen LogP contribution in [0.15, 0.2) is 20.9 Å². The van der Waals surface area contributed by atoms with Crippen LogP contribution in [0, 0.1) is 0 Å². The number of thiophene rings is 1. The summed E-state index contributed by atoms with van der Waals surface area (Å²) in [6.45, 7) is 5.22. The number of nitrogens with one attached hydrogen (secondary N) is 2. The van der Waals surface area contributed by atoms with Gasteiger partial charge in [0.15, 0.2) is 5.96 Å². The lowest BCUT2D eigenvalue weighted by atomic mass is 10.3. The van der Waals surface area contributed by atoms with Gasteiger partial charge >= 0.3 is 0 Å². The van der Waals surface area contributed by atoms with Crippen LogP contribution in [0.4, 0.5) is 0 Å². The molecule has 2 N–H and O–H groups in total. The van der Waals surface area contributed by atoms with Crippen molar-refractivity contribution in [2.24, 2.45) is 4.99 Å². The molecule has 0 bridgehead atoms. The van der Waals surface area contributed by atoms with Gasteiger partial charge in [0, 0.05) is 24.5 Å². The predicted octanol–water partition coefficient (Wildman–Crippen LogP) is 3.63. The highest BCUT2D eigenvalue weighted by molar-refractivity contribution is 14.0. The lowest BCUT2D eigenvalue weighted by Crippen LogP contribution is -2.42. The molecule has 6 heteroatoms. The average molecular weight is 446 g/mol. The van der Waals surface area contributed by atoms with Crippen molar-refractivity contribution in [1.29, 1.82) is 0 Å². The molecule has 0 amide bonds. The Hall–Kier alpha value is 0.180.